The molecule has 0 unspecified atom stereocenters. The molecule has 0 spiro atoms. The summed E-state index contributed by atoms with van der Waals surface area (Å²) in [7, 11) is 3.85. The van der Waals surface area contributed by atoms with E-state index in [1.165, 1.54) is 0 Å². The van der Waals surface area contributed by atoms with Crippen LogP contribution in [0, 0.1) is 0 Å². The number of carbonyl (C=O) groups excluding carboxylic acids is 1. The zero-order valence-electron chi connectivity index (χ0n) is 10.5. The molecule has 0 aliphatic rings. The average molecular weight is 216 g/mol. The van der Waals surface area contributed by atoms with Gasteiger partial charge >= 0.3 is 0 Å². The van der Waals surface area contributed by atoms with Crippen molar-refractivity contribution >= 4 is 5.91 Å². The van der Waals surface area contributed by atoms with E-state index in [2.05, 4.69) is 18.7 Å². The summed E-state index contributed by atoms with van der Waals surface area (Å²) in [5.41, 5.74) is 0. The molecule has 1 amide bonds. The molecular weight excluding hydrogens is 192 g/mol. The molecule has 0 atom stereocenters. The Kier molecular flexibility index (Phi) is 8.33. The lowest BCUT2D eigenvalue weighted by atomic mass is 10.4. The monoisotopic (exact) mass is 216 g/mol. The van der Waals surface area contributed by atoms with Crippen molar-refractivity contribution in [2.24, 2.45) is 0 Å². The summed E-state index contributed by atoms with van der Waals surface area (Å²) in [4.78, 5) is 15.3. The number of ether oxygens (including phenoxy) is 1. The van der Waals surface area contributed by atoms with E-state index >= 15 is 0 Å². The topological polar surface area (TPSA) is 32.8 Å². The first kappa shape index (κ1) is 14.4. The summed E-state index contributed by atoms with van der Waals surface area (Å²) in [5, 5.41) is 0. The fourth-order valence-electron chi connectivity index (χ4n) is 1.11. The van der Waals surface area contributed by atoms with Crippen molar-refractivity contribution in [2.45, 2.75) is 20.3 Å². The molecule has 0 fully saturated rings. The highest BCUT2D eigenvalue weighted by molar-refractivity contribution is 5.77. The fraction of sp³-hybridized carbons (Fsp3) is 0.909. The van der Waals surface area contributed by atoms with Crippen LogP contribution in [0.5, 0.6) is 0 Å². The molecule has 4 nitrogen and oxygen atoms in total. The van der Waals surface area contributed by atoms with Gasteiger partial charge in [0.2, 0.25) is 5.91 Å². The molecule has 0 aromatic heterocycles. The SMILES string of the molecule is CCCN(C)C(=O)COCCN(C)CC. The highest BCUT2D eigenvalue weighted by Gasteiger charge is 2.07. The van der Waals surface area contributed by atoms with Crippen molar-refractivity contribution in [3.63, 3.8) is 0 Å². The van der Waals surface area contributed by atoms with Crippen molar-refractivity contribution in [3.8, 4) is 0 Å². The Labute approximate surface area is 93.2 Å². The van der Waals surface area contributed by atoms with Gasteiger partial charge in [-0.05, 0) is 20.0 Å². The normalized spacial score (nSPS) is 10.7. The maximum absolute atomic E-state index is 11.4. The Balaban J connectivity index is 3.46. The molecule has 0 saturated heterocycles. The molecule has 0 bridgehead atoms. The summed E-state index contributed by atoms with van der Waals surface area (Å²) in [6.45, 7) is 7.66. The third kappa shape index (κ3) is 7.33. The predicted molar refractivity (Wildman–Crippen MR) is 61.9 cm³/mol. The van der Waals surface area contributed by atoms with Crippen LogP contribution in [0.4, 0.5) is 0 Å². The summed E-state index contributed by atoms with van der Waals surface area (Å²) < 4.78 is 5.30. The van der Waals surface area contributed by atoms with Crippen LogP contribution < -0.4 is 0 Å². The van der Waals surface area contributed by atoms with Gasteiger partial charge in [-0.3, -0.25) is 4.79 Å². The van der Waals surface area contributed by atoms with Gasteiger partial charge in [0, 0.05) is 20.1 Å². The molecule has 0 heterocycles. The number of hydrogen-bond acceptors (Lipinski definition) is 3. The molecule has 90 valence electrons. The van der Waals surface area contributed by atoms with Crippen molar-refractivity contribution in [2.75, 3.05) is 46.9 Å². The second-order valence-electron chi connectivity index (χ2n) is 3.76. The maximum atomic E-state index is 11.4. The summed E-state index contributed by atoms with van der Waals surface area (Å²) in [6, 6.07) is 0. The van der Waals surface area contributed by atoms with Crippen LogP contribution in [-0.2, 0) is 9.53 Å². The zero-order chi connectivity index (χ0) is 11.7. The smallest absolute Gasteiger partial charge is 0.248 e. The van der Waals surface area contributed by atoms with Gasteiger partial charge in [-0.2, -0.15) is 0 Å². The quantitative estimate of drug-likeness (QED) is 0.563. The first-order chi connectivity index (χ1) is 7.11. The van der Waals surface area contributed by atoms with Crippen LogP contribution in [0.2, 0.25) is 0 Å². The number of hydrogen-bond donors (Lipinski definition) is 0. The summed E-state index contributed by atoms with van der Waals surface area (Å²) in [5.74, 6) is 0.0657. The first-order valence-electron chi connectivity index (χ1n) is 5.62. The van der Waals surface area contributed by atoms with Crippen LogP contribution in [0.3, 0.4) is 0 Å². The van der Waals surface area contributed by atoms with Crippen LogP contribution in [0.1, 0.15) is 20.3 Å². The maximum Gasteiger partial charge on any atom is 0.248 e. The highest BCUT2D eigenvalue weighted by atomic mass is 16.5. The van der Waals surface area contributed by atoms with E-state index in [4.69, 9.17) is 4.74 Å². The molecular formula is C11H24N2O2. The van der Waals surface area contributed by atoms with E-state index in [1.807, 2.05) is 14.1 Å². The van der Waals surface area contributed by atoms with Crippen molar-refractivity contribution in [1.29, 1.82) is 0 Å². The zero-order valence-corrected chi connectivity index (χ0v) is 10.5. The lowest BCUT2D eigenvalue weighted by Crippen LogP contribution is -2.32. The first-order valence-corrected chi connectivity index (χ1v) is 5.62. The minimum atomic E-state index is 0.0657. The molecule has 0 aliphatic carbocycles. The van der Waals surface area contributed by atoms with Gasteiger partial charge in [-0.25, -0.2) is 0 Å². The molecule has 0 aliphatic heterocycles. The van der Waals surface area contributed by atoms with E-state index in [-0.39, 0.29) is 12.5 Å². The van der Waals surface area contributed by atoms with Crippen LogP contribution in [0.15, 0.2) is 0 Å². The molecule has 15 heavy (non-hydrogen) atoms. The molecule has 4 heteroatoms. The molecule has 0 saturated carbocycles. The van der Waals surface area contributed by atoms with Gasteiger partial charge in [0.05, 0.1) is 6.61 Å². The van der Waals surface area contributed by atoms with Crippen LogP contribution in [-0.4, -0.2) is 62.7 Å². The van der Waals surface area contributed by atoms with Gasteiger partial charge in [-0.1, -0.05) is 13.8 Å². The third-order valence-corrected chi connectivity index (χ3v) is 2.37. The van der Waals surface area contributed by atoms with Gasteiger partial charge in [0.1, 0.15) is 6.61 Å². The van der Waals surface area contributed by atoms with Crippen molar-refractivity contribution in [1.82, 2.24) is 9.80 Å². The predicted octanol–water partition coefficient (Wildman–Crippen LogP) is 0.823. The number of nitrogens with zero attached hydrogens (tertiary/aromatic N) is 2. The van der Waals surface area contributed by atoms with Gasteiger partial charge in [-0.15, -0.1) is 0 Å². The minimum Gasteiger partial charge on any atom is -0.370 e. The van der Waals surface area contributed by atoms with E-state index in [0.29, 0.717) is 6.61 Å². The third-order valence-electron chi connectivity index (χ3n) is 2.37. The highest BCUT2D eigenvalue weighted by Crippen LogP contribution is 1.90. The van der Waals surface area contributed by atoms with Gasteiger partial charge < -0.3 is 14.5 Å². The van der Waals surface area contributed by atoms with E-state index < -0.39 is 0 Å². The van der Waals surface area contributed by atoms with E-state index in [9.17, 15) is 4.79 Å². The second kappa shape index (κ2) is 8.68. The largest absolute Gasteiger partial charge is 0.370 e. The molecule has 0 aromatic rings. The lowest BCUT2D eigenvalue weighted by molar-refractivity contribution is -0.134. The number of carbonyl (C=O) groups is 1. The Hall–Kier alpha value is -0.610. The Bertz CT molecular complexity index is 174. The minimum absolute atomic E-state index is 0.0657. The lowest BCUT2D eigenvalue weighted by Gasteiger charge is -2.17. The Morgan fingerprint density at radius 3 is 2.40 bits per heavy atom. The van der Waals surface area contributed by atoms with Gasteiger partial charge in [0.15, 0.2) is 0 Å². The van der Waals surface area contributed by atoms with Crippen molar-refractivity contribution < 1.29 is 9.53 Å². The second-order valence-corrected chi connectivity index (χ2v) is 3.76. The Morgan fingerprint density at radius 1 is 1.20 bits per heavy atom. The summed E-state index contributed by atoms with van der Waals surface area (Å²) in [6.07, 6.45) is 0.987. The van der Waals surface area contributed by atoms with Crippen LogP contribution in [0.25, 0.3) is 0 Å². The molecule has 0 rings (SSSR count). The van der Waals surface area contributed by atoms with E-state index in [1.54, 1.807) is 4.90 Å². The number of amides is 1. The molecule has 0 radical (unpaired) electrons. The van der Waals surface area contributed by atoms with Gasteiger partial charge in [0.25, 0.3) is 0 Å². The standard InChI is InChI=1S/C11H24N2O2/c1-5-7-13(4)11(14)10-15-9-8-12(3)6-2/h5-10H2,1-4H3. The number of rotatable bonds is 8. The van der Waals surface area contributed by atoms with E-state index in [0.717, 1.165) is 26.1 Å². The molecule has 0 N–H and O–H groups in total. The Morgan fingerprint density at radius 2 is 1.87 bits per heavy atom. The fourth-order valence-corrected chi connectivity index (χ4v) is 1.11. The van der Waals surface area contributed by atoms with Crippen molar-refractivity contribution in [3.05, 3.63) is 0 Å². The summed E-state index contributed by atoms with van der Waals surface area (Å²) >= 11 is 0. The molecule has 0 aromatic carbocycles. The average Bonchev–Trinajstić information content (AvgIpc) is 2.23. The van der Waals surface area contributed by atoms with Crippen LogP contribution >= 0.6 is 0 Å². The number of likely N-dealkylation sites (N-methyl/N-ethyl adjacent to an activating group) is 2.